The number of hydrogen-bond donors (Lipinski definition) is 5. The number of aryl methyl sites for hydroxylation is 2. The second kappa shape index (κ2) is 14.1. The summed E-state index contributed by atoms with van der Waals surface area (Å²) in [5, 5.41) is 12.3. The molecule has 2 heterocycles. The summed E-state index contributed by atoms with van der Waals surface area (Å²) >= 11 is 6.31. The molecule has 0 atom stereocenters. The quantitative estimate of drug-likeness (QED) is 0.201. The van der Waals surface area contributed by atoms with Crippen LogP contribution < -0.4 is 26.0 Å². The summed E-state index contributed by atoms with van der Waals surface area (Å²) in [6.45, 7) is 1.83. The Balaban J connectivity index is 0.000000696. The number of rotatable bonds is 6. The first-order chi connectivity index (χ1) is 19.4. The minimum absolute atomic E-state index is 0.0105. The Morgan fingerprint density at radius 1 is 1.10 bits per heavy atom. The molecule has 1 aliphatic heterocycles. The largest absolute Gasteiger partial charge is 0.446 e. The van der Waals surface area contributed by atoms with Crippen molar-refractivity contribution in [3.8, 4) is 0 Å². The zero-order chi connectivity index (χ0) is 30.0. The molecule has 0 saturated heterocycles. The third-order valence-corrected chi connectivity index (χ3v) is 7.15. The van der Waals surface area contributed by atoms with Gasteiger partial charge in [-0.15, -0.1) is 0 Å². The van der Waals surface area contributed by atoms with Crippen molar-refractivity contribution in [1.29, 1.82) is 0 Å². The molecule has 0 aliphatic carbocycles. The van der Waals surface area contributed by atoms with E-state index in [0.29, 0.717) is 28.9 Å². The molecule has 5 N–H and O–H groups in total. The summed E-state index contributed by atoms with van der Waals surface area (Å²) in [6, 6.07) is 13.1. The molecule has 2 amide bonds. The van der Waals surface area contributed by atoms with E-state index in [-0.39, 0.29) is 18.8 Å². The number of anilines is 5. The van der Waals surface area contributed by atoms with Gasteiger partial charge in [-0.25, -0.2) is 22.9 Å². The average molecular weight is 614 g/mol. The van der Waals surface area contributed by atoms with Crippen molar-refractivity contribution < 1.29 is 31.2 Å². The molecule has 0 saturated carbocycles. The second-order valence-electron chi connectivity index (χ2n) is 8.55. The first-order valence-electron chi connectivity index (χ1n) is 12.2. The van der Waals surface area contributed by atoms with Crippen LogP contribution in [0.15, 0.2) is 48.7 Å². The van der Waals surface area contributed by atoms with Crippen molar-refractivity contribution in [3.63, 3.8) is 0 Å². The maximum atomic E-state index is 12.4. The van der Waals surface area contributed by atoms with Gasteiger partial charge in [-0.2, -0.15) is 18.2 Å². The minimum Gasteiger partial charge on any atom is -0.339 e. The molecule has 220 valence electrons. The van der Waals surface area contributed by atoms with E-state index in [0.717, 1.165) is 28.9 Å². The number of hydrogen-bond acceptors (Lipinski definition) is 8. The molecule has 4 rings (SSSR count). The first kappa shape index (κ1) is 31.6. The zero-order valence-electron chi connectivity index (χ0n) is 21.7. The van der Waals surface area contributed by atoms with Crippen LogP contribution in [0.2, 0.25) is 5.02 Å². The average Bonchev–Trinajstić information content (AvgIpc) is 2.93. The molecule has 1 aromatic heterocycles. The smallest absolute Gasteiger partial charge is 0.339 e. The van der Waals surface area contributed by atoms with Crippen molar-refractivity contribution in [2.75, 3.05) is 34.8 Å². The van der Waals surface area contributed by atoms with Gasteiger partial charge in [-0.3, -0.25) is 4.79 Å². The van der Waals surface area contributed by atoms with Gasteiger partial charge in [0.15, 0.2) is 5.82 Å². The number of urea groups is 1. The SMILES string of the molecule is CCS(=O)(=O)NCCNC(=O)Nc1ccc2cc1CCc1cccc(c1)Nc1ncc(Cl)c(n1)N2.O=CC(F)(F)F. The Morgan fingerprint density at radius 3 is 2.54 bits per heavy atom. The molecule has 0 spiro atoms. The lowest BCUT2D eigenvalue weighted by atomic mass is 10.0. The van der Waals surface area contributed by atoms with Crippen molar-refractivity contribution in [3.05, 3.63) is 64.8 Å². The number of nitrogens with zero attached hydrogens (tertiary/aromatic N) is 2. The van der Waals surface area contributed by atoms with Gasteiger partial charge >= 0.3 is 12.2 Å². The molecule has 2 aromatic carbocycles. The highest BCUT2D eigenvalue weighted by Crippen LogP contribution is 2.29. The summed E-state index contributed by atoms with van der Waals surface area (Å²) in [5.41, 5.74) is 4.30. The Kier molecular flexibility index (Phi) is 10.9. The Hall–Kier alpha value is -3.95. The molecule has 0 unspecified atom stereocenters. The number of aromatic nitrogens is 2. The van der Waals surface area contributed by atoms with Gasteiger partial charge in [0.1, 0.15) is 5.02 Å². The van der Waals surface area contributed by atoms with Crippen LogP contribution in [-0.2, 0) is 27.7 Å². The summed E-state index contributed by atoms with van der Waals surface area (Å²) in [5.74, 6) is 0.868. The summed E-state index contributed by atoms with van der Waals surface area (Å²) in [4.78, 5) is 29.9. The lowest BCUT2D eigenvalue weighted by Crippen LogP contribution is -2.37. The predicted octanol–water partition coefficient (Wildman–Crippen LogP) is 4.52. The van der Waals surface area contributed by atoms with E-state index in [2.05, 4.69) is 36.0 Å². The standard InChI is InChI=1S/C23H26ClN7O3S.C2HF3O/c1-2-35(33,34)27-11-10-25-23(32)30-20-9-8-18-13-16(20)7-6-15-4-3-5-17(12-15)29-22-26-14-19(24)21(28-18)31-22;3-2(4,5)1-6/h3-5,8-9,12-14,27H,2,6-7,10-11H2,1H3,(H2,25,30,32)(H2,26,28,29,31);1H. The molecular formula is C25H27ClF3N7O4S. The van der Waals surface area contributed by atoms with Gasteiger partial charge in [-0.1, -0.05) is 23.7 Å². The number of amides is 2. The highest BCUT2D eigenvalue weighted by atomic mass is 35.5. The number of carbonyl (C=O) groups excluding carboxylic acids is 2. The van der Waals surface area contributed by atoms with Crippen molar-refractivity contribution >= 4 is 62.8 Å². The van der Waals surface area contributed by atoms with Crippen LogP contribution in [0.4, 0.5) is 46.8 Å². The van der Waals surface area contributed by atoms with Crippen LogP contribution in [0, 0.1) is 0 Å². The van der Waals surface area contributed by atoms with Crippen LogP contribution in [0.5, 0.6) is 0 Å². The summed E-state index contributed by atoms with van der Waals surface area (Å²) in [7, 11) is -3.30. The van der Waals surface area contributed by atoms with Crippen LogP contribution in [0.1, 0.15) is 18.1 Å². The Bertz CT molecular complexity index is 1490. The van der Waals surface area contributed by atoms with E-state index >= 15 is 0 Å². The Morgan fingerprint density at radius 2 is 1.83 bits per heavy atom. The van der Waals surface area contributed by atoms with Crippen molar-refractivity contribution in [1.82, 2.24) is 20.0 Å². The zero-order valence-corrected chi connectivity index (χ0v) is 23.3. The number of fused-ring (bicyclic) bond motifs is 6. The predicted molar refractivity (Wildman–Crippen MR) is 151 cm³/mol. The van der Waals surface area contributed by atoms with Gasteiger partial charge in [0.25, 0.3) is 0 Å². The van der Waals surface area contributed by atoms with Crippen LogP contribution in [-0.4, -0.2) is 55.7 Å². The number of aldehydes is 1. The third-order valence-electron chi connectivity index (χ3n) is 5.47. The summed E-state index contributed by atoms with van der Waals surface area (Å²) in [6.07, 6.45) is -2.76. The van der Waals surface area contributed by atoms with Gasteiger partial charge in [0.2, 0.25) is 22.3 Å². The minimum atomic E-state index is -4.64. The van der Waals surface area contributed by atoms with Crippen molar-refractivity contribution in [2.45, 2.75) is 25.9 Å². The number of carbonyl (C=O) groups is 2. The second-order valence-corrected chi connectivity index (χ2v) is 11.1. The monoisotopic (exact) mass is 613 g/mol. The number of sulfonamides is 1. The summed E-state index contributed by atoms with van der Waals surface area (Å²) < 4.78 is 56.7. The fourth-order valence-corrected chi connectivity index (χ4v) is 4.27. The van der Waals surface area contributed by atoms with Gasteiger partial charge in [-0.05, 0) is 61.2 Å². The maximum Gasteiger partial charge on any atom is 0.446 e. The van der Waals surface area contributed by atoms with E-state index in [4.69, 9.17) is 16.4 Å². The topological polar surface area (TPSA) is 154 Å². The van der Waals surface area contributed by atoms with E-state index in [9.17, 15) is 26.4 Å². The van der Waals surface area contributed by atoms with Crippen molar-refractivity contribution in [2.24, 2.45) is 0 Å². The van der Waals surface area contributed by atoms with Crippen LogP contribution in [0.25, 0.3) is 0 Å². The number of nitrogens with one attached hydrogen (secondary N) is 5. The molecular weight excluding hydrogens is 587 g/mol. The lowest BCUT2D eigenvalue weighted by molar-refractivity contribution is -0.156. The van der Waals surface area contributed by atoms with Gasteiger partial charge in [0.05, 0.1) is 11.9 Å². The molecule has 6 bridgehead atoms. The normalized spacial score (nSPS) is 12.5. The van der Waals surface area contributed by atoms with Crippen LogP contribution in [0.3, 0.4) is 0 Å². The van der Waals surface area contributed by atoms with E-state index < -0.39 is 28.5 Å². The molecule has 0 fully saturated rings. The number of benzene rings is 2. The highest BCUT2D eigenvalue weighted by molar-refractivity contribution is 7.89. The molecule has 1 aliphatic rings. The molecule has 3 aromatic rings. The molecule has 11 nitrogen and oxygen atoms in total. The van der Waals surface area contributed by atoms with Gasteiger partial charge in [0, 0.05) is 30.2 Å². The highest BCUT2D eigenvalue weighted by Gasteiger charge is 2.25. The van der Waals surface area contributed by atoms with E-state index in [1.165, 1.54) is 6.20 Å². The van der Waals surface area contributed by atoms with E-state index in [1.54, 1.807) is 13.0 Å². The molecule has 16 heteroatoms. The Labute approximate surface area is 239 Å². The fraction of sp³-hybridized carbons (Fsp3) is 0.280. The lowest BCUT2D eigenvalue weighted by Gasteiger charge is -2.15. The number of halogens is 4. The maximum absolute atomic E-state index is 12.4. The number of alkyl halides is 3. The fourth-order valence-electron chi connectivity index (χ4n) is 3.52. The van der Waals surface area contributed by atoms with Crippen LogP contribution >= 0.6 is 11.6 Å². The van der Waals surface area contributed by atoms with E-state index in [1.807, 2.05) is 36.4 Å². The third kappa shape index (κ3) is 10.5. The van der Waals surface area contributed by atoms with Gasteiger partial charge < -0.3 is 21.3 Å². The molecule has 0 radical (unpaired) electrons. The molecule has 41 heavy (non-hydrogen) atoms. The first-order valence-corrected chi connectivity index (χ1v) is 14.2.